The molecule has 1 aromatic rings. The van der Waals surface area contributed by atoms with E-state index in [2.05, 4.69) is 19.2 Å². The summed E-state index contributed by atoms with van der Waals surface area (Å²) in [6.07, 6.45) is 0. The molecular weight excluding hydrogens is 262 g/mol. The highest BCUT2D eigenvalue weighted by molar-refractivity contribution is 7.91. The number of hydrogen-bond acceptors (Lipinski definition) is 4. The molecular formula is C14H21NO3S. The van der Waals surface area contributed by atoms with E-state index in [9.17, 15) is 8.42 Å². The first kappa shape index (κ1) is 14.5. The Morgan fingerprint density at radius 1 is 1.37 bits per heavy atom. The SMILES string of the molecule is COCC(NC1CS(=O)(=O)c2ccccc21)C(C)C. The van der Waals surface area contributed by atoms with Crippen LogP contribution >= 0.6 is 0 Å². The number of ether oxygens (including phenoxy) is 1. The van der Waals surface area contributed by atoms with Crippen LogP contribution in [0.4, 0.5) is 0 Å². The summed E-state index contributed by atoms with van der Waals surface area (Å²) in [4.78, 5) is 0.465. The molecule has 1 aliphatic rings. The first-order chi connectivity index (χ1) is 8.95. The molecule has 0 aliphatic carbocycles. The van der Waals surface area contributed by atoms with Crippen LogP contribution in [0, 0.1) is 5.92 Å². The molecule has 0 saturated carbocycles. The van der Waals surface area contributed by atoms with Gasteiger partial charge in [0.25, 0.3) is 0 Å². The van der Waals surface area contributed by atoms with Gasteiger partial charge in [-0.25, -0.2) is 8.42 Å². The third-order valence-corrected chi connectivity index (χ3v) is 5.40. The van der Waals surface area contributed by atoms with E-state index in [4.69, 9.17) is 4.74 Å². The molecule has 0 saturated heterocycles. The van der Waals surface area contributed by atoms with Crippen LogP contribution in [-0.2, 0) is 14.6 Å². The maximum Gasteiger partial charge on any atom is 0.180 e. The van der Waals surface area contributed by atoms with Gasteiger partial charge in [0.1, 0.15) is 0 Å². The molecule has 0 aromatic heterocycles. The summed E-state index contributed by atoms with van der Waals surface area (Å²) in [5.74, 6) is 0.523. The van der Waals surface area contributed by atoms with Crippen molar-refractivity contribution in [3.8, 4) is 0 Å². The lowest BCUT2D eigenvalue weighted by Gasteiger charge is -2.25. The van der Waals surface area contributed by atoms with Crippen molar-refractivity contribution in [1.82, 2.24) is 5.32 Å². The fourth-order valence-corrected chi connectivity index (χ4v) is 4.21. The van der Waals surface area contributed by atoms with Gasteiger partial charge in [0.2, 0.25) is 0 Å². The highest BCUT2D eigenvalue weighted by atomic mass is 32.2. The van der Waals surface area contributed by atoms with E-state index in [-0.39, 0.29) is 17.8 Å². The van der Waals surface area contributed by atoms with Gasteiger partial charge in [-0.2, -0.15) is 0 Å². The fraction of sp³-hybridized carbons (Fsp3) is 0.571. The third-order valence-electron chi connectivity index (χ3n) is 3.58. The second-order valence-corrected chi connectivity index (χ2v) is 7.35. The Morgan fingerprint density at radius 2 is 2.05 bits per heavy atom. The van der Waals surface area contributed by atoms with Crippen molar-refractivity contribution in [1.29, 1.82) is 0 Å². The van der Waals surface area contributed by atoms with Crippen LogP contribution in [0.3, 0.4) is 0 Å². The summed E-state index contributed by atoms with van der Waals surface area (Å²) in [7, 11) is -1.48. The van der Waals surface area contributed by atoms with Gasteiger partial charge in [-0.15, -0.1) is 0 Å². The molecule has 4 nitrogen and oxygen atoms in total. The number of fused-ring (bicyclic) bond motifs is 1. The maximum absolute atomic E-state index is 12.1. The Labute approximate surface area is 115 Å². The van der Waals surface area contributed by atoms with E-state index in [1.807, 2.05) is 12.1 Å². The Morgan fingerprint density at radius 3 is 2.68 bits per heavy atom. The van der Waals surface area contributed by atoms with E-state index >= 15 is 0 Å². The number of rotatable bonds is 5. The highest BCUT2D eigenvalue weighted by Crippen LogP contribution is 2.33. The fourth-order valence-electron chi connectivity index (χ4n) is 2.46. The molecule has 0 fully saturated rings. The third kappa shape index (κ3) is 2.99. The predicted molar refractivity (Wildman–Crippen MR) is 74.9 cm³/mol. The molecule has 1 aromatic carbocycles. The Kier molecular flexibility index (Phi) is 4.28. The second kappa shape index (κ2) is 5.61. The summed E-state index contributed by atoms with van der Waals surface area (Å²) in [5, 5.41) is 3.42. The molecule has 19 heavy (non-hydrogen) atoms. The standard InChI is InChI=1S/C14H21NO3S/c1-10(2)12(8-18-3)15-13-9-19(16,17)14-7-5-4-6-11(13)14/h4-7,10,12-13,15H,8-9H2,1-3H3. The van der Waals surface area contributed by atoms with E-state index in [0.717, 1.165) is 5.56 Å². The average Bonchev–Trinajstić information content (AvgIpc) is 2.61. The summed E-state index contributed by atoms with van der Waals surface area (Å²) < 4.78 is 29.4. The van der Waals surface area contributed by atoms with Crippen molar-refractivity contribution < 1.29 is 13.2 Å². The lowest BCUT2D eigenvalue weighted by molar-refractivity contribution is 0.142. The van der Waals surface area contributed by atoms with Gasteiger partial charge in [-0.05, 0) is 17.5 Å². The molecule has 0 spiro atoms. The van der Waals surface area contributed by atoms with Crippen LogP contribution < -0.4 is 5.32 Å². The van der Waals surface area contributed by atoms with Gasteiger partial charge in [-0.3, -0.25) is 0 Å². The minimum absolute atomic E-state index is 0.135. The first-order valence-corrected chi connectivity index (χ1v) is 8.17. The second-order valence-electron chi connectivity index (χ2n) is 5.34. The highest BCUT2D eigenvalue weighted by Gasteiger charge is 2.35. The molecule has 0 amide bonds. The van der Waals surface area contributed by atoms with Gasteiger partial charge < -0.3 is 10.1 Å². The number of nitrogens with one attached hydrogen (secondary N) is 1. The van der Waals surface area contributed by atoms with Crippen molar-refractivity contribution in [3.63, 3.8) is 0 Å². The van der Waals surface area contributed by atoms with Gasteiger partial charge in [0.15, 0.2) is 9.84 Å². The van der Waals surface area contributed by atoms with E-state index in [0.29, 0.717) is 17.4 Å². The smallest absolute Gasteiger partial charge is 0.180 e. The van der Waals surface area contributed by atoms with Crippen molar-refractivity contribution in [2.24, 2.45) is 5.92 Å². The number of benzene rings is 1. The van der Waals surface area contributed by atoms with Crippen LogP contribution in [0.1, 0.15) is 25.5 Å². The molecule has 0 radical (unpaired) electrons. The Hall–Kier alpha value is -0.910. The van der Waals surface area contributed by atoms with Crippen LogP contribution in [-0.4, -0.2) is 33.9 Å². The minimum Gasteiger partial charge on any atom is -0.383 e. The molecule has 106 valence electrons. The average molecular weight is 283 g/mol. The molecule has 1 aliphatic heterocycles. The zero-order valence-electron chi connectivity index (χ0n) is 11.6. The number of methoxy groups -OCH3 is 1. The number of hydrogen-bond donors (Lipinski definition) is 1. The van der Waals surface area contributed by atoms with Crippen LogP contribution in [0.25, 0.3) is 0 Å². The van der Waals surface area contributed by atoms with Gasteiger partial charge in [0, 0.05) is 19.2 Å². The summed E-state index contributed by atoms with van der Waals surface area (Å²) in [5.41, 5.74) is 0.879. The molecule has 1 N–H and O–H groups in total. The van der Waals surface area contributed by atoms with Gasteiger partial charge in [0.05, 0.1) is 17.3 Å². The van der Waals surface area contributed by atoms with Gasteiger partial charge >= 0.3 is 0 Å². The Bertz CT molecular complexity index is 539. The summed E-state index contributed by atoms with van der Waals surface area (Å²) >= 11 is 0. The lowest BCUT2D eigenvalue weighted by atomic mass is 10.0. The van der Waals surface area contributed by atoms with Gasteiger partial charge in [-0.1, -0.05) is 32.0 Å². The van der Waals surface area contributed by atoms with Crippen molar-refractivity contribution in [2.75, 3.05) is 19.5 Å². The quantitative estimate of drug-likeness (QED) is 0.895. The topological polar surface area (TPSA) is 55.4 Å². The lowest BCUT2D eigenvalue weighted by Crippen LogP contribution is -2.40. The zero-order valence-corrected chi connectivity index (χ0v) is 12.4. The predicted octanol–water partition coefficient (Wildman–Crippen LogP) is 1.78. The monoisotopic (exact) mass is 283 g/mol. The largest absolute Gasteiger partial charge is 0.383 e. The molecule has 2 rings (SSSR count). The molecule has 2 unspecified atom stereocenters. The van der Waals surface area contributed by atoms with Crippen molar-refractivity contribution >= 4 is 9.84 Å². The molecule has 5 heteroatoms. The van der Waals surface area contributed by atoms with Crippen molar-refractivity contribution in [2.45, 2.75) is 30.8 Å². The summed E-state index contributed by atoms with van der Waals surface area (Å²) in [6.45, 7) is 4.79. The first-order valence-electron chi connectivity index (χ1n) is 6.52. The van der Waals surface area contributed by atoms with E-state index < -0.39 is 9.84 Å². The summed E-state index contributed by atoms with van der Waals surface area (Å²) in [6, 6.07) is 7.25. The molecule has 0 bridgehead atoms. The number of sulfone groups is 1. The van der Waals surface area contributed by atoms with E-state index in [1.165, 1.54) is 0 Å². The van der Waals surface area contributed by atoms with Crippen LogP contribution in [0.15, 0.2) is 29.2 Å². The normalized spacial score (nSPS) is 22.4. The molecule has 2 atom stereocenters. The Balaban J connectivity index is 2.24. The van der Waals surface area contributed by atoms with Crippen molar-refractivity contribution in [3.05, 3.63) is 29.8 Å². The maximum atomic E-state index is 12.1. The van der Waals surface area contributed by atoms with E-state index in [1.54, 1.807) is 19.2 Å². The zero-order chi connectivity index (χ0) is 14.0. The molecule has 1 heterocycles. The van der Waals surface area contributed by atoms with Crippen LogP contribution in [0.5, 0.6) is 0 Å². The van der Waals surface area contributed by atoms with Crippen LogP contribution in [0.2, 0.25) is 0 Å². The minimum atomic E-state index is -3.14.